The van der Waals surface area contributed by atoms with Crippen molar-refractivity contribution < 1.29 is 23.9 Å². The Bertz CT molecular complexity index is 1340. The zero-order valence-corrected chi connectivity index (χ0v) is 22.9. The van der Waals surface area contributed by atoms with Crippen molar-refractivity contribution in [2.75, 3.05) is 26.4 Å². The van der Waals surface area contributed by atoms with Gasteiger partial charge in [0, 0.05) is 35.5 Å². The Labute approximate surface area is 229 Å². The summed E-state index contributed by atoms with van der Waals surface area (Å²) in [6.07, 6.45) is 5.11. The van der Waals surface area contributed by atoms with Gasteiger partial charge in [0.1, 0.15) is 0 Å². The summed E-state index contributed by atoms with van der Waals surface area (Å²) in [5.41, 5.74) is 9.24. The molecule has 7 rings (SSSR count). The molecule has 3 N–H and O–H groups in total. The van der Waals surface area contributed by atoms with E-state index in [1.807, 2.05) is 25.1 Å². The van der Waals surface area contributed by atoms with E-state index < -0.39 is 5.41 Å². The summed E-state index contributed by atoms with van der Waals surface area (Å²) < 4.78 is 11.8. The molecule has 1 spiro atoms. The fraction of sp³-hybridized carbons (Fsp3) is 0.516. The molecule has 2 aromatic rings. The predicted molar refractivity (Wildman–Crippen MR) is 147 cm³/mol. The number of nitrogens with two attached hydrogens (primary N) is 1. The molecule has 2 saturated heterocycles. The van der Waals surface area contributed by atoms with Crippen molar-refractivity contribution >= 4 is 23.3 Å². The largest absolute Gasteiger partial charge is 0.493 e. The van der Waals surface area contributed by atoms with Gasteiger partial charge in [-0.3, -0.25) is 19.7 Å². The Kier molecular flexibility index (Phi) is 6.21. The molecule has 3 aliphatic heterocycles. The Morgan fingerprint density at radius 3 is 2.56 bits per heavy atom. The molecule has 206 valence electrons. The number of ether oxygens (including phenoxy) is 2. The van der Waals surface area contributed by atoms with E-state index in [1.165, 1.54) is 11.1 Å². The van der Waals surface area contributed by atoms with Crippen molar-refractivity contribution in [3.05, 3.63) is 53.1 Å². The Morgan fingerprint density at radius 2 is 1.87 bits per heavy atom. The van der Waals surface area contributed by atoms with Crippen LogP contribution < -0.4 is 20.5 Å². The van der Waals surface area contributed by atoms with Crippen LogP contribution in [0.2, 0.25) is 0 Å². The molecule has 3 fully saturated rings. The minimum absolute atomic E-state index is 0.0933. The van der Waals surface area contributed by atoms with E-state index in [0.717, 1.165) is 42.9 Å². The number of likely N-dealkylation sites (tertiary alicyclic amines) is 1. The summed E-state index contributed by atoms with van der Waals surface area (Å²) in [6, 6.07) is 12.0. The van der Waals surface area contributed by atoms with Gasteiger partial charge in [-0.05, 0) is 80.9 Å². The molecule has 0 aromatic heterocycles. The van der Waals surface area contributed by atoms with Gasteiger partial charge in [-0.1, -0.05) is 25.1 Å². The summed E-state index contributed by atoms with van der Waals surface area (Å²) in [5, 5.41) is 2.43. The summed E-state index contributed by atoms with van der Waals surface area (Å²) >= 11 is 0. The number of piperidine rings is 2. The van der Waals surface area contributed by atoms with Crippen LogP contribution in [0.5, 0.6) is 11.5 Å². The van der Waals surface area contributed by atoms with Crippen LogP contribution in [0.25, 0.3) is 0 Å². The second-order valence-corrected chi connectivity index (χ2v) is 11.7. The molecule has 39 heavy (non-hydrogen) atoms. The quantitative estimate of drug-likeness (QED) is 0.462. The maximum absolute atomic E-state index is 12.6. The van der Waals surface area contributed by atoms with Gasteiger partial charge in [0.2, 0.25) is 11.8 Å². The van der Waals surface area contributed by atoms with Crippen molar-refractivity contribution in [3.8, 4) is 11.5 Å². The molecule has 1 saturated carbocycles. The molecular formula is C31H37N3O5. The van der Waals surface area contributed by atoms with Crippen LogP contribution in [0, 0.1) is 5.92 Å². The highest BCUT2D eigenvalue weighted by Gasteiger charge is 2.65. The van der Waals surface area contributed by atoms with Crippen LogP contribution in [-0.4, -0.2) is 55.3 Å². The van der Waals surface area contributed by atoms with Crippen LogP contribution in [0.1, 0.15) is 62.1 Å². The normalized spacial score (nSPS) is 32.4. The number of rotatable bonds is 3. The molecule has 5 aliphatic rings. The lowest BCUT2D eigenvalue weighted by atomic mass is 9.52. The van der Waals surface area contributed by atoms with Crippen LogP contribution in [0.4, 0.5) is 5.69 Å². The zero-order valence-electron chi connectivity index (χ0n) is 22.9. The van der Waals surface area contributed by atoms with Crippen LogP contribution in [0.3, 0.4) is 0 Å². The summed E-state index contributed by atoms with van der Waals surface area (Å²) in [7, 11) is 3.91. The van der Waals surface area contributed by atoms with E-state index >= 15 is 0 Å². The van der Waals surface area contributed by atoms with Crippen LogP contribution in [-0.2, 0) is 31.6 Å². The summed E-state index contributed by atoms with van der Waals surface area (Å²) in [4.78, 5) is 38.4. The standard InChI is InChI=1S/C18H21NO3.C13H16N2O2/c1-19-8-7-18-11-4-5-13(20)17(18)22-16-14(21-2)6-3-10(15(16)18)9-12(11)19;1-2-13(8-7-11(16)15-12(13)17)9-3-5-10(14)6-4-9/h3,6,11-12,17H,4-5,7-9H2,1-2H3;3-6H,2,7-8,14H2,1H3,(H,15,16,17)/t11-,12+,17-,18-;/m0./s1. The zero-order chi connectivity index (χ0) is 27.5. The van der Waals surface area contributed by atoms with E-state index in [0.29, 0.717) is 43.3 Å². The highest BCUT2D eigenvalue weighted by molar-refractivity contribution is 6.03. The van der Waals surface area contributed by atoms with Crippen molar-refractivity contribution in [2.45, 2.75) is 74.8 Å². The summed E-state index contributed by atoms with van der Waals surface area (Å²) in [5.74, 6) is 2.08. The fourth-order valence-corrected chi connectivity index (χ4v) is 8.04. The molecule has 8 nitrogen and oxygen atoms in total. The fourth-order valence-electron chi connectivity index (χ4n) is 8.04. The number of hydrogen-bond donors (Lipinski definition) is 2. The lowest BCUT2D eigenvalue weighted by Gasteiger charge is -2.57. The monoisotopic (exact) mass is 531 g/mol. The van der Waals surface area contributed by atoms with Gasteiger partial charge in [-0.25, -0.2) is 0 Å². The van der Waals surface area contributed by atoms with E-state index in [4.69, 9.17) is 15.2 Å². The molecule has 8 heteroatoms. The minimum Gasteiger partial charge on any atom is -0.493 e. The van der Waals surface area contributed by atoms with Gasteiger partial charge in [-0.15, -0.1) is 0 Å². The number of carbonyl (C=O) groups is 3. The first-order chi connectivity index (χ1) is 18.7. The van der Waals surface area contributed by atoms with E-state index in [9.17, 15) is 14.4 Å². The van der Waals surface area contributed by atoms with Gasteiger partial charge < -0.3 is 20.1 Å². The minimum atomic E-state index is -0.582. The number of nitrogens with zero attached hydrogens (tertiary/aromatic N) is 1. The molecule has 2 aliphatic carbocycles. The van der Waals surface area contributed by atoms with Gasteiger partial charge >= 0.3 is 0 Å². The highest BCUT2D eigenvalue weighted by Crippen LogP contribution is 2.63. The van der Waals surface area contributed by atoms with E-state index in [1.54, 1.807) is 19.2 Å². The van der Waals surface area contributed by atoms with E-state index in [2.05, 4.69) is 23.3 Å². The number of hydrogen-bond acceptors (Lipinski definition) is 7. The Balaban J connectivity index is 0.000000148. The molecule has 5 atom stereocenters. The van der Waals surface area contributed by atoms with Crippen LogP contribution >= 0.6 is 0 Å². The van der Waals surface area contributed by atoms with Crippen molar-refractivity contribution in [1.29, 1.82) is 0 Å². The number of carbonyl (C=O) groups excluding carboxylic acids is 3. The first-order valence-electron chi connectivity index (χ1n) is 14.1. The van der Waals surface area contributed by atoms with Gasteiger partial charge in [0.25, 0.3) is 0 Å². The second-order valence-electron chi connectivity index (χ2n) is 11.7. The predicted octanol–water partition coefficient (Wildman–Crippen LogP) is 3.29. The van der Waals surface area contributed by atoms with Gasteiger partial charge in [-0.2, -0.15) is 0 Å². The second kappa shape index (κ2) is 9.37. The average molecular weight is 532 g/mol. The lowest BCUT2D eigenvalue weighted by Crippen LogP contribution is -2.65. The smallest absolute Gasteiger partial charge is 0.237 e. The topological polar surface area (TPSA) is 111 Å². The van der Waals surface area contributed by atoms with E-state index in [-0.39, 0.29) is 29.1 Å². The van der Waals surface area contributed by atoms with Crippen molar-refractivity contribution in [2.24, 2.45) is 5.92 Å². The number of nitrogen functional groups attached to an aromatic ring is 1. The third-order valence-electron chi connectivity index (χ3n) is 10.1. The number of imide groups is 1. The number of likely N-dealkylation sites (N-methyl/N-ethyl adjacent to an activating group) is 1. The third kappa shape index (κ3) is 3.71. The summed E-state index contributed by atoms with van der Waals surface area (Å²) in [6.45, 7) is 3.01. The number of amides is 2. The molecule has 1 unspecified atom stereocenters. The maximum Gasteiger partial charge on any atom is 0.237 e. The van der Waals surface area contributed by atoms with Gasteiger partial charge in [0.05, 0.1) is 12.5 Å². The average Bonchev–Trinajstić information content (AvgIpc) is 3.29. The molecule has 2 bridgehead atoms. The molecular weight excluding hydrogens is 494 g/mol. The molecule has 3 heterocycles. The van der Waals surface area contributed by atoms with Crippen molar-refractivity contribution in [1.82, 2.24) is 10.2 Å². The molecule has 0 radical (unpaired) electrons. The first kappa shape index (κ1) is 25.9. The molecule has 2 aromatic carbocycles. The third-order valence-corrected chi connectivity index (χ3v) is 10.1. The van der Waals surface area contributed by atoms with Crippen molar-refractivity contribution in [3.63, 3.8) is 0 Å². The number of nitrogens with one attached hydrogen (secondary N) is 1. The number of benzene rings is 2. The highest BCUT2D eigenvalue weighted by atomic mass is 16.5. The Morgan fingerprint density at radius 1 is 1.10 bits per heavy atom. The SMILES string of the molecule is CCC1(c2ccc(N)cc2)CCC(=O)NC1=O.COc1ccc2c3c1O[C@H]1C(=O)CC[C@H]4[C@@H](C2)N(C)CC[C@]314. The maximum atomic E-state index is 12.6. The van der Waals surface area contributed by atoms with Crippen LogP contribution in [0.15, 0.2) is 36.4 Å². The first-order valence-corrected chi connectivity index (χ1v) is 14.1. The number of methoxy groups -OCH3 is 1. The lowest BCUT2D eigenvalue weighted by molar-refractivity contribution is -0.139. The number of anilines is 1. The number of ketones is 1. The van der Waals surface area contributed by atoms with Gasteiger partial charge in [0.15, 0.2) is 23.4 Å². The number of Topliss-reactive ketones (excluding diaryl/α,β-unsaturated/α-hetero) is 1. The molecule has 2 amide bonds. The Hall–Kier alpha value is -3.39.